The van der Waals surface area contributed by atoms with Gasteiger partial charge in [0.15, 0.2) is 0 Å². The van der Waals surface area contributed by atoms with E-state index in [4.69, 9.17) is 23.2 Å². The summed E-state index contributed by atoms with van der Waals surface area (Å²) < 4.78 is 0. The van der Waals surface area contributed by atoms with E-state index in [-0.39, 0.29) is 5.75 Å². The standard InChI is InChI=1S/C16H11Cl2N3OS/c17-12-3-1-10(2-4-12)14-9-23-16(20-14)21-19-8-11-7-13(18)5-6-15(11)22/h1-9,22H,(H,20,21)/b19-8+. The zero-order valence-corrected chi connectivity index (χ0v) is 14.0. The van der Waals surface area contributed by atoms with Gasteiger partial charge in [-0.05, 0) is 30.3 Å². The van der Waals surface area contributed by atoms with E-state index < -0.39 is 0 Å². The molecule has 7 heteroatoms. The Kier molecular flexibility index (Phi) is 4.81. The molecule has 1 aromatic heterocycles. The Balaban J connectivity index is 1.71. The number of benzene rings is 2. The molecule has 4 nitrogen and oxygen atoms in total. The average molecular weight is 364 g/mol. The van der Waals surface area contributed by atoms with E-state index in [1.54, 1.807) is 12.1 Å². The van der Waals surface area contributed by atoms with Gasteiger partial charge < -0.3 is 5.11 Å². The molecule has 0 aliphatic carbocycles. The number of rotatable bonds is 4. The number of hydrazone groups is 1. The highest BCUT2D eigenvalue weighted by molar-refractivity contribution is 7.14. The van der Waals surface area contributed by atoms with Gasteiger partial charge in [0.1, 0.15) is 5.75 Å². The molecule has 0 atom stereocenters. The molecule has 0 amide bonds. The number of thiazole rings is 1. The Morgan fingerprint density at radius 3 is 2.61 bits per heavy atom. The first-order valence-corrected chi connectivity index (χ1v) is 8.24. The smallest absolute Gasteiger partial charge is 0.203 e. The Morgan fingerprint density at radius 2 is 1.83 bits per heavy atom. The van der Waals surface area contributed by atoms with E-state index >= 15 is 0 Å². The fourth-order valence-corrected chi connectivity index (χ4v) is 2.84. The predicted octanol–water partition coefficient (Wildman–Crippen LogP) is 5.27. The van der Waals surface area contributed by atoms with Crippen molar-refractivity contribution in [3.05, 3.63) is 63.5 Å². The second kappa shape index (κ2) is 7.00. The van der Waals surface area contributed by atoms with Crippen molar-refractivity contribution >= 4 is 45.9 Å². The van der Waals surface area contributed by atoms with E-state index in [1.165, 1.54) is 23.6 Å². The summed E-state index contributed by atoms with van der Waals surface area (Å²) in [6, 6.07) is 12.2. The Labute approximate surface area is 147 Å². The summed E-state index contributed by atoms with van der Waals surface area (Å²) in [7, 11) is 0. The molecule has 3 rings (SSSR count). The first-order valence-electron chi connectivity index (χ1n) is 6.61. The number of hydrogen-bond donors (Lipinski definition) is 2. The zero-order chi connectivity index (χ0) is 16.2. The minimum absolute atomic E-state index is 0.112. The zero-order valence-electron chi connectivity index (χ0n) is 11.7. The molecular weight excluding hydrogens is 353 g/mol. The van der Waals surface area contributed by atoms with Crippen LogP contribution in [0.25, 0.3) is 11.3 Å². The van der Waals surface area contributed by atoms with Crippen LogP contribution >= 0.6 is 34.5 Å². The minimum atomic E-state index is 0.112. The van der Waals surface area contributed by atoms with Gasteiger partial charge in [0.25, 0.3) is 0 Å². The second-order valence-corrected chi connectivity index (χ2v) is 6.35. The lowest BCUT2D eigenvalue weighted by Gasteiger charge is -1.99. The van der Waals surface area contributed by atoms with Crippen LogP contribution in [0.4, 0.5) is 5.13 Å². The van der Waals surface area contributed by atoms with Crippen LogP contribution in [0.5, 0.6) is 5.75 Å². The van der Waals surface area contributed by atoms with Crippen LogP contribution in [0, 0.1) is 0 Å². The second-order valence-electron chi connectivity index (χ2n) is 4.62. The SMILES string of the molecule is Oc1ccc(Cl)cc1/C=N/Nc1nc(-c2ccc(Cl)cc2)cs1. The molecule has 0 unspecified atom stereocenters. The molecule has 2 aromatic carbocycles. The van der Waals surface area contributed by atoms with Crippen molar-refractivity contribution in [2.24, 2.45) is 5.10 Å². The van der Waals surface area contributed by atoms with Crippen molar-refractivity contribution in [1.29, 1.82) is 0 Å². The number of nitrogens with zero attached hydrogens (tertiary/aromatic N) is 2. The lowest BCUT2D eigenvalue weighted by molar-refractivity contribution is 0.474. The summed E-state index contributed by atoms with van der Waals surface area (Å²) in [5.41, 5.74) is 5.19. The van der Waals surface area contributed by atoms with Crippen LogP contribution < -0.4 is 5.43 Å². The van der Waals surface area contributed by atoms with Gasteiger partial charge in [0, 0.05) is 26.6 Å². The molecule has 0 radical (unpaired) electrons. The fraction of sp³-hybridized carbons (Fsp3) is 0. The van der Waals surface area contributed by atoms with Gasteiger partial charge in [0.2, 0.25) is 5.13 Å². The van der Waals surface area contributed by atoms with Crippen LogP contribution in [0.2, 0.25) is 10.0 Å². The minimum Gasteiger partial charge on any atom is -0.507 e. The van der Waals surface area contributed by atoms with Crippen molar-refractivity contribution in [1.82, 2.24) is 4.98 Å². The van der Waals surface area contributed by atoms with E-state index in [9.17, 15) is 5.11 Å². The topological polar surface area (TPSA) is 57.5 Å². The van der Waals surface area contributed by atoms with Gasteiger partial charge >= 0.3 is 0 Å². The van der Waals surface area contributed by atoms with Gasteiger partial charge in [-0.3, -0.25) is 5.43 Å². The molecule has 3 aromatic rings. The van der Waals surface area contributed by atoms with Crippen LogP contribution in [-0.4, -0.2) is 16.3 Å². The summed E-state index contributed by atoms with van der Waals surface area (Å²) in [6.07, 6.45) is 1.49. The van der Waals surface area contributed by atoms with E-state index in [1.807, 2.05) is 29.6 Å². The van der Waals surface area contributed by atoms with Crippen molar-refractivity contribution in [3.63, 3.8) is 0 Å². The number of nitrogens with one attached hydrogen (secondary N) is 1. The lowest BCUT2D eigenvalue weighted by Crippen LogP contribution is -1.90. The highest BCUT2D eigenvalue weighted by Crippen LogP contribution is 2.26. The first kappa shape index (κ1) is 15.8. The molecule has 0 aliphatic rings. The maximum Gasteiger partial charge on any atom is 0.203 e. The van der Waals surface area contributed by atoms with Gasteiger partial charge in [-0.2, -0.15) is 5.10 Å². The van der Waals surface area contributed by atoms with Gasteiger partial charge in [0.05, 0.1) is 11.9 Å². The molecule has 0 spiro atoms. The monoisotopic (exact) mass is 363 g/mol. The first-order chi connectivity index (χ1) is 11.1. The fourth-order valence-electron chi connectivity index (χ4n) is 1.86. The number of phenols is 1. The van der Waals surface area contributed by atoms with Gasteiger partial charge in [-0.1, -0.05) is 35.3 Å². The molecule has 23 heavy (non-hydrogen) atoms. The Bertz CT molecular complexity index is 847. The normalized spacial score (nSPS) is 11.0. The van der Waals surface area contributed by atoms with Crippen LogP contribution in [0.3, 0.4) is 0 Å². The largest absolute Gasteiger partial charge is 0.507 e. The molecular formula is C16H11Cl2N3OS. The number of halogens is 2. The molecule has 0 saturated carbocycles. The maximum absolute atomic E-state index is 9.71. The number of hydrogen-bond acceptors (Lipinski definition) is 5. The number of anilines is 1. The summed E-state index contributed by atoms with van der Waals surface area (Å²) in [4.78, 5) is 4.44. The molecule has 1 heterocycles. The Morgan fingerprint density at radius 1 is 1.09 bits per heavy atom. The van der Waals surface area contributed by atoms with Crippen LogP contribution in [0.1, 0.15) is 5.56 Å². The third-order valence-corrected chi connectivity index (χ3v) is 4.23. The summed E-state index contributed by atoms with van der Waals surface area (Å²) in [6.45, 7) is 0. The number of aromatic hydroxyl groups is 1. The van der Waals surface area contributed by atoms with Crippen molar-refractivity contribution in [2.45, 2.75) is 0 Å². The molecule has 0 bridgehead atoms. The third-order valence-electron chi connectivity index (χ3n) is 3.00. The molecule has 116 valence electrons. The van der Waals surface area contributed by atoms with Crippen LogP contribution in [0.15, 0.2) is 52.9 Å². The summed E-state index contributed by atoms with van der Waals surface area (Å²) in [5.74, 6) is 0.112. The lowest BCUT2D eigenvalue weighted by atomic mass is 10.2. The predicted molar refractivity (Wildman–Crippen MR) is 96.9 cm³/mol. The van der Waals surface area contributed by atoms with E-state index in [0.29, 0.717) is 20.7 Å². The van der Waals surface area contributed by atoms with Crippen molar-refractivity contribution < 1.29 is 5.11 Å². The average Bonchev–Trinajstić information content (AvgIpc) is 3.00. The third kappa shape index (κ3) is 4.01. The van der Waals surface area contributed by atoms with E-state index in [2.05, 4.69) is 15.5 Å². The maximum atomic E-state index is 9.71. The number of aromatic nitrogens is 1. The highest BCUT2D eigenvalue weighted by Gasteiger charge is 2.04. The van der Waals surface area contributed by atoms with Gasteiger partial charge in [-0.15, -0.1) is 11.3 Å². The molecule has 0 saturated heterocycles. The Hall–Kier alpha value is -2.08. The van der Waals surface area contributed by atoms with Gasteiger partial charge in [-0.25, -0.2) is 4.98 Å². The van der Waals surface area contributed by atoms with Crippen molar-refractivity contribution in [2.75, 3.05) is 5.43 Å². The summed E-state index contributed by atoms with van der Waals surface area (Å²) in [5, 5.41) is 17.6. The molecule has 0 aliphatic heterocycles. The summed E-state index contributed by atoms with van der Waals surface area (Å²) >= 11 is 13.2. The van der Waals surface area contributed by atoms with E-state index in [0.717, 1.165) is 11.3 Å². The van der Waals surface area contributed by atoms with Crippen molar-refractivity contribution in [3.8, 4) is 17.0 Å². The molecule has 0 fully saturated rings. The highest BCUT2D eigenvalue weighted by atomic mass is 35.5. The number of phenolic OH excluding ortho intramolecular Hbond substituents is 1. The van der Waals surface area contributed by atoms with Crippen LogP contribution in [-0.2, 0) is 0 Å². The quantitative estimate of drug-likeness (QED) is 0.490. The molecule has 2 N–H and O–H groups in total.